The number of pyridine rings is 1. The van der Waals surface area contributed by atoms with E-state index in [2.05, 4.69) is 14.5 Å². The van der Waals surface area contributed by atoms with Gasteiger partial charge in [-0.3, -0.25) is 4.98 Å². The Kier molecular flexibility index (Phi) is 2.98. The molecular formula is C15H14N4. The zero-order chi connectivity index (χ0) is 13.1. The molecular weight excluding hydrogens is 236 g/mol. The van der Waals surface area contributed by atoms with Crippen molar-refractivity contribution in [2.75, 3.05) is 5.73 Å². The summed E-state index contributed by atoms with van der Waals surface area (Å²) in [4.78, 5) is 8.37. The molecule has 3 rings (SSSR count). The molecule has 0 bridgehead atoms. The van der Waals surface area contributed by atoms with Crippen molar-refractivity contribution in [2.24, 2.45) is 0 Å². The van der Waals surface area contributed by atoms with Crippen molar-refractivity contribution >= 4 is 5.69 Å². The number of nitrogen functional groups attached to an aromatic ring is 1. The van der Waals surface area contributed by atoms with Gasteiger partial charge < -0.3 is 10.3 Å². The lowest BCUT2D eigenvalue weighted by molar-refractivity contribution is 0.804. The molecule has 4 nitrogen and oxygen atoms in total. The Balaban J connectivity index is 1.91. The number of aromatic nitrogens is 3. The number of hydrogen-bond donors (Lipinski definition) is 1. The van der Waals surface area contributed by atoms with Crippen molar-refractivity contribution in [1.29, 1.82) is 0 Å². The molecule has 94 valence electrons. The highest BCUT2D eigenvalue weighted by Crippen LogP contribution is 2.19. The van der Waals surface area contributed by atoms with Gasteiger partial charge in [0.1, 0.15) is 0 Å². The van der Waals surface area contributed by atoms with Crippen LogP contribution in [0.5, 0.6) is 0 Å². The Bertz CT molecular complexity index is 656. The van der Waals surface area contributed by atoms with E-state index in [-0.39, 0.29) is 0 Å². The van der Waals surface area contributed by atoms with Crippen LogP contribution < -0.4 is 5.73 Å². The number of nitrogens with two attached hydrogens (primary N) is 1. The zero-order valence-corrected chi connectivity index (χ0v) is 10.4. The third kappa shape index (κ3) is 2.47. The van der Waals surface area contributed by atoms with Crippen LogP contribution in [0.15, 0.2) is 61.3 Å². The molecule has 2 heterocycles. The van der Waals surface area contributed by atoms with Gasteiger partial charge in [-0.1, -0.05) is 12.1 Å². The largest absolute Gasteiger partial charge is 0.399 e. The van der Waals surface area contributed by atoms with Gasteiger partial charge in [0.05, 0.1) is 18.2 Å². The predicted molar refractivity (Wildman–Crippen MR) is 75.4 cm³/mol. The van der Waals surface area contributed by atoms with Crippen LogP contribution in [0.2, 0.25) is 0 Å². The van der Waals surface area contributed by atoms with E-state index in [0.29, 0.717) is 0 Å². The van der Waals surface area contributed by atoms with Gasteiger partial charge in [0.25, 0.3) is 0 Å². The van der Waals surface area contributed by atoms with E-state index >= 15 is 0 Å². The molecule has 0 fully saturated rings. The predicted octanol–water partition coefficient (Wildman–Crippen LogP) is 2.58. The Morgan fingerprint density at radius 2 is 1.84 bits per heavy atom. The summed E-state index contributed by atoms with van der Waals surface area (Å²) in [6.45, 7) is 0.768. The van der Waals surface area contributed by atoms with Crippen LogP contribution in [0, 0.1) is 0 Å². The molecule has 0 saturated carbocycles. The summed E-state index contributed by atoms with van der Waals surface area (Å²) >= 11 is 0. The molecule has 4 heteroatoms. The summed E-state index contributed by atoms with van der Waals surface area (Å²) < 4.78 is 2.10. The van der Waals surface area contributed by atoms with Crippen LogP contribution in [0.25, 0.3) is 11.3 Å². The van der Waals surface area contributed by atoms with Crippen LogP contribution in [0.3, 0.4) is 0 Å². The first-order valence-electron chi connectivity index (χ1n) is 6.08. The highest BCUT2D eigenvalue weighted by Gasteiger charge is 2.05. The highest BCUT2D eigenvalue weighted by atomic mass is 15.0. The molecule has 0 spiro atoms. The average Bonchev–Trinajstić information content (AvgIpc) is 2.90. The lowest BCUT2D eigenvalue weighted by Gasteiger charge is -2.08. The van der Waals surface area contributed by atoms with Gasteiger partial charge in [0.2, 0.25) is 0 Å². The van der Waals surface area contributed by atoms with Crippen LogP contribution in [0.4, 0.5) is 5.69 Å². The van der Waals surface area contributed by atoms with Crippen LogP contribution in [-0.4, -0.2) is 14.5 Å². The number of benzene rings is 1. The molecule has 0 aliphatic rings. The monoisotopic (exact) mass is 250 g/mol. The van der Waals surface area contributed by atoms with Crippen molar-refractivity contribution in [1.82, 2.24) is 14.5 Å². The topological polar surface area (TPSA) is 56.7 Å². The number of nitrogens with zero attached hydrogens (tertiary/aromatic N) is 3. The Hall–Kier alpha value is -2.62. The van der Waals surface area contributed by atoms with Crippen molar-refractivity contribution < 1.29 is 0 Å². The van der Waals surface area contributed by atoms with Gasteiger partial charge in [0, 0.05) is 30.2 Å². The van der Waals surface area contributed by atoms with Gasteiger partial charge >= 0.3 is 0 Å². The van der Waals surface area contributed by atoms with Crippen molar-refractivity contribution in [3.63, 3.8) is 0 Å². The molecule has 19 heavy (non-hydrogen) atoms. The molecule has 3 aromatic rings. The Morgan fingerprint density at radius 1 is 1.00 bits per heavy atom. The molecule has 2 aromatic heterocycles. The number of imidazole rings is 1. The normalized spacial score (nSPS) is 10.5. The standard InChI is InChI=1S/C15H14N4/c16-14-5-3-12(4-6-14)10-19-11-18-9-15(19)13-2-1-7-17-8-13/h1-9,11H,10,16H2. The first kappa shape index (κ1) is 11.5. The summed E-state index contributed by atoms with van der Waals surface area (Å²) in [5, 5.41) is 0. The van der Waals surface area contributed by atoms with E-state index in [4.69, 9.17) is 5.73 Å². The summed E-state index contributed by atoms with van der Waals surface area (Å²) in [5.41, 5.74) is 9.79. The van der Waals surface area contributed by atoms with Crippen LogP contribution in [-0.2, 0) is 6.54 Å². The molecule has 2 N–H and O–H groups in total. The molecule has 0 aliphatic heterocycles. The molecule has 0 saturated heterocycles. The first-order chi connectivity index (χ1) is 9.33. The second-order valence-electron chi connectivity index (χ2n) is 4.39. The number of rotatable bonds is 3. The maximum absolute atomic E-state index is 5.69. The van der Waals surface area contributed by atoms with Crippen molar-refractivity contribution in [3.05, 3.63) is 66.9 Å². The molecule has 0 aliphatic carbocycles. The smallest absolute Gasteiger partial charge is 0.0954 e. The molecule has 1 aromatic carbocycles. The van der Waals surface area contributed by atoms with Gasteiger partial charge in [0.15, 0.2) is 0 Å². The van der Waals surface area contributed by atoms with Crippen LogP contribution >= 0.6 is 0 Å². The molecule has 0 amide bonds. The summed E-state index contributed by atoms with van der Waals surface area (Å²) in [6.07, 6.45) is 7.30. The molecule has 0 atom stereocenters. The fourth-order valence-corrected chi connectivity index (χ4v) is 2.02. The molecule has 0 unspecified atom stereocenters. The first-order valence-corrected chi connectivity index (χ1v) is 6.08. The van der Waals surface area contributed by atoms with E-state index in [0.717, 1.165) is 23.5 Å². The van der Waals surface area contributed by atoms with E-state index in [9.17, 15) is 0 Å². The molecule has 0 radical (unpaired) electrons. The second kappa shape index (κ2) is 4.94. The zero-order valence-electron chi connectivity index (χ0n) is 10.4. The minimum Gasteiger partial charge on any atom is -0.399 e. The summed E-state index contributed by atoms with van der Waals surface area (Å²) in [6, 6.07) is 11.8. The Labute approximate surface area is 111 Å². The minimum atomic E-state index is 0.768. The van der Waals surface area contributed by atoms with E-state index in [1.807, 2.05) is 55.1 Å². The number of hydrogen-bond acceptors (Lipinski definition) is 3. The van der Waals surface area contributed by atoms with E-state index in [1.54, 1.807) is 6.20 Å². The van der Waals surface area contributed by atoms with Gasteiger partial charge in [-0.25, -0.2) is 4.98 Å². The average molecular weight is 250 g/mol. The van der Waals surface area contributed by atoms with Crippen molar-refractivity contribution in [3.8, 4) is 11.3 Å². The van der Waals surface area contributed by atoms with Gasteiger partial charge in [-0.05, 0) is 29.8 Å². The summed E-state index contributed by atoms with van der Waals surface area (Å²) in [7, 11) is 0. The minimum absolute atomic E-state index is 0.768. The van der Waals surface area contributed by atoms with Gasteiger partial charge in [-0.2, -0.15) is 0 Å². The van der Waals surface area contributed by atoms with Crippen LogP contribution in [0.1, 0.15) is 5.56 Å². The third-order valence-electron chi connectivity index (χ3n) is 3.00. The SMILES string of the molecule is Nc1ccc(Cn2cncc2-c2cccnc2)cc1. The maximum atomic E-state index is 5.69. The third-order valence-corrected chi connectivity index (χ3v) is 3.00. The van der Waals surface area contributed by atoms with E-state index < -0.39 is 0 Å². The van der Waals surface area contributed by atoms with Crippen molar-refractivity contribution in [2.45, 2.75) is 6.54 Å². The second-order valence-corrected chi connectivity index (χ2v) is 4.39. The van der Waals surface area contributed by atoms with E-state index in [1.165, 1.54) is 5.56 Å². The lowest BCUT2D eigenvalue weighted by atomic mass is 10.2. The highest BCUT2D eigenvalue weighted by molar-refractivity contribution is 5.57. The fraction of sp³-hybridized carbons (Fsp3) is 0.0667. The number of anilines is 1. The van der Waals surface area contributed by atoms with Gasteiger partial charge in [-0.15, -0.1) is 0 Å². The fourth-order valence-electron chi connectivity index (χ4n) is 2.02. The Morgan fingerprint density at radius 3 is 2.58 bits per heavy atom. The quantitative estimate of drug-likeness (QED) is 0.727. The lowest BCUT2D eigenvalue weighted by Crippen LogP contribution is -2.00. The summed E-state index contributed by atoms with van der Waals surface area (Å²) in [5.74, 6) is 0. The maximum Gasteiger partial charge on any atom is 0.0954 e.